The van der Waals surface area contributed by atoms with Crippen LogP contribution in [-0.4, -0.2) is 22.6 Å². The van der Waals surface area contributed by atoms with Gasteiger partial charge >= 0.3 is 0 Å². The molecular weight excluding hydrogens is 292 g/mol. The van der Waals surface area contributed by atoms with Crippen molar-refractivity contribution >= 4 is 23.2 Å². The first kappa shape index (κ1) is 13.9. The zero-order valence-corrected chi connectivity index (χ0v) is 11.8. The number of benzene rings is 1. The molecule has 6 heteroatoms. The van der Waals surface area contributed by atoms with Crippen molar-refractivity contribution in [3.8, 4) is 5.75 Å². The monoisotopic (exact) mass is 304 g/mol. The molecule has 0 bridgehead atoms. The lowest BCUT2D eigenvalue weighted by Crippen LogP contribution is -2.23. The zero-order chi connectivity index (χ0) is 14.8. The number of carbonyl (C=O) groups is 1. The topological polar surface area (TPSA) is 71.5 Å². The maximum atomic E-state index is 12.4. The summed E-state index contributed by atoms with van der Waals surface area (Å²) in [4.78, 5) is 16.4. The minimum absolute atomic E-state index is 0.165. The Balaban J connectivity index is 1.83. The first-order valence-corrected chi connectivity index (χ1v) is 6.83. The van der Waals surface area contributed by atoms with Crippen LogP contribution in [0.25, 0.3) is 0 Å². The van der Waals surface area contributed by atoms with E-state index in [1.54, 1.807) is 30.5 Å². The van der Waals surface area contributed by atoms with Crippen molar-refractivity contribution in [3.63, 3.8) is 0 Å². The molecule has 108 valence electrons. The van der Waals surface area contributed by atoms with E-state index < -0.39 is 5.92 Å². The number of hydrogen-bond acceptors (Lipinski definition) is 4. The normalized spacial score (nSPS) is 16.2. The summed E-state index contributed by atoms with van der Waals surface area (Å²) in [5.74, 6) is 0.0392. The summed E-state index contributed by atoms with van der Waals surface area (Å²) in [5, 5.41) is 12.6. The number of ether oxygens (including phenoxy) is 1. The predicted octanol–water partition coefficient (Wildman–Crippen LogP) is 2.34. The minimum atomic E-state index is -0.426. The number of hydrogen-bond donors (Lipinski definition) is 2. The molecular formula is C15H13ClN2O3. The Bertz CT molecular complexity index is 690. The smallest absolute Gasteiger partial charge is 0.235 e. The molecule has 5 nitrogen and oxygen atoms in total. The maximum Gasteiger partial charge on any atom is 0.235 e. The van der Waals surface area contributed by atoms with Gasteiger partial charge in [-0.05, 0) is 24.3 Å². The number of carbonyl (C=O) groups excluding carboxylic acids is 1. The fourth-order valence-corrected chi connectivity index (χ4v) is 2.48. The van der Waals surface area contributed by atoms with Crippen molar-refractivity contribution in [1.29, 1.82) is 0 Å². The van der Waals surface area contributed by atoms with Crippen molar-refractivity contribution in [2.45, 2.75) is 12.5 Å². The van der Waals surface area contributed by atoms with Crippen LogP contribution in [0.4, 0.5) is 5.69 Å². The quantitative estimate of drug-likeness (QED) is 0.913. The molecule has 1 aromatic heterocycles. The molecule has 1 atom stereocenters. The lowest BCUT2D eigenvalue weighted by molar-refractivity contribution is -0.117. The zero-order valence-electron chi connectivity index (χ0n) is 11.0. The molecule has 0 saturated heterocycles. The average molecular weight is 305 g/mol. The second-order valence-electron chi connectivity index (χ2n) is 4.73. The van der Waals surface area contributed by atoms with E-state index in [1.807, 2.05) is 0 Å². The van der Waals surface area contributed by atoms with Gasteiger partial charge in [-0.25, -0.2) is 0 Å². The second kappa shape index (κ2) is 5.71. The van der Waals surface area contributed by atoms with Crippen LogP contribution in [0.3, 0.4) is 0 Å². The summed E-state index contributed by atoms with van der Waals surface area (Å²) >= 11 is 5.97. The average Bonchev–Trinajstić information content (AvgIpc) is 2.90. The van der Waals surface area contributed by atoms with Gasteiger partial charge in [-0.1, -0.05) is 11.6 Å². The number of pyridine rings is 1. The number of aliphatic hydroxyl groups excluding tert-OH is 1. The molecule has 2 aromatic rings. The summed E-state index contributed by atoms with van der Waals surface area (Å²) in [6, 6.07) is 6.88. The van der Waals surface area contributed by atoms with Gasteiger partial charge in [-0.3, -0.25) is 9.78 Å². The largest absolute Gasteiger partial charge is 0.492 e. The first-order valence-electron chi connectivity index (χ1n) is 6.46. The second-order valence-corrected chi connectivity index (χ2v) is 5.16. The van der Waals surface area contributed by atoms with Gasteiger partial charge < -0.3 is 15.2 Å². The highest BCUT2D eigenvalue weighted by Gasteiger charge is 2.30. The van der Waals surface area contributed by atoms with Crippen molar-refractivity contribution < 1.29 is 14.6 Å². The van der Waals surface area contributed by atoms with Gasteiger partial charge in [0.2, 0.25) is 5.91 Å². The number of amides is 1. The van der Waals surface area contributed by atoms with Crippen molar-refractivity contribution in [1.82, 2.24) is 4.98 Å². The van der Waals surface area contributed by atoms with Gasteiger partial charge in [0.25, 0.3) is 0 Å². The van der Waals surface area contributed by atoms with Crippen LogP contribution in [0.2, 0.25) is 5.02 Å². The number of nitrogens with zero attached hydrogens (tertiary/aromatic N) is 1. The van der Waals surface area contributed by atoms with Crippen molar-refractivity contribution in [2.75, 3.05) is 11.9 Å². The Kier molecular flexibility index (Phi) is 3.77. The molecule has 1 aliphatic heterocycles. The molecule has 1 amide bonds. The number of aromatic nitrogens is 1. The SMILES string of the molecule is O=C(Nc1cnccc1CO)C1COc2ccc(Cl)cc21. The number of nitrogens with one attached hydrogen (secondary N) is 1. The first-order chi connectivity index (χ1) is 10.2. The Morgan fingerprint density at radius 1 is 1.48 bits per heavy atom. The van der Waals surface area contributed by atoms with Gasteiger partial charge in [0.05, 0.1) is 18.5 Å². The third kappa shape index (κ3) is 2.70. The van der Waals surface area contributed by atoms with Crippen molar-refractivity contribution in [2.24, 2.45) is 0 Å². The molecule has 0 fully saturated rings. The molecule has 0 aliphatic carbocycles. The van der Waals surface area contributed by atoms with E-state index in [1.165, 1.54) is 6.20 Å². The highest BCUT2D eigenvalue weighted by atomic mass is 35.5. The highest BCUT2D eigenvalue weighted by molar-refractivity contribution is 6.30. The molecule has 21 heavy (non-hydrogen) atoms. The maximum absolute atomic E-state index is 12.4. The number of aliphatic hydroxyl groups is 1. The summed E-state index contributed by atoms with van der Waals surface area (Å²) in [6.07, 6.45) is 3.08. The van der Waals surface area contributed by atoms with Crippen LogP contribution >= 0.6 is 11.6 Å². The fourth-order valence-electron chi connectivity index (χ4n) is 2.30. The molecule has 1 unspecified atom stereocenters. The summed E-state index contributed by atoms with van der Waals surface area (Å²) < 4.78 is 5.50. The van der Waals surface area contributed by atoms with E-state index in [0.717, 1.165) is 5.56 Å². The van der Waals surface area contributed by atoms with Crippen LogP contribution in [-0.2, 0) is 11.4 Å². The van der Waals surface area contributed by atoms with E-state index in [0.29, 0.717) is 22.0 Å². The lowest BCUT2D eigenvalue weighted by Gasteiger charge is -2.12. The molecule has 0 saturated carbocycles. The van der Waals surface area contributed by atoms with Gasteiger partial charge in [-0.2, -0.15) is 0 Å². The molecule has 2 N–H and O–H groups in total. The highest BCUT2D eigenvalue weighted by Crippen LogP contribution is 2.36. The van der Waals surface area contributed by atoms with Crippen LogP contribution < -0.4 is 10.1 Å². The summed E-state index contributed by atoms with van der Waals surface area (Å²) in [7, 11) is 0. The number of halogens is 1. The number of anilines is 1. The van der Waals surface area contributed by atoms with Crippen LogP contribution in [0.1, 0.15) is 17.0 Å². The van der Waals surface area contributed by atoms with E-state index in [-0.39, 0.29) is 19.1 Å². The van der Waals surface area contributed by atoms with E-state index >= 15 is 0 Å². The Morgan fingerprint density at radius 2 is 2.33 bits per heavy atom. The Labute approximate surface area is 126 Å². The van der Waals surface area contributed by atoms with Gasteiger partial charge in [0.1, 0.15) is 18.3 Å². The number of rotatable bonds is 3. The van der Waals surface area contributed by atoms with E-state index in [2.05, 4.69) is 10.3 Å². The van der Waals surface area contributed by atoms with Gasteiger partial charge in [0, 0.05) is 22.3 Å². The number of fused-ring (bicyclic) bond motifs is 1. The molecule has 2 heterocycles. The Hall–Kier alpha value is -2.11. The third-order valence-corrected chi connectivity index (χ3v) is 3.64. The fraction of sp³-hybridized carbons (Fsp3) is 0.200. The molecule has 1 aliphatic rings. The van der Waals surface area contributed by atoms with E-state index in [9.17, 15) is 9.90 Å². The molecule has 0 radical (unpaired) electrons. The Morgan fingerprint density at radius 3 is 3.14 bits per heavy atom. The van der Waals surface area contributed by atoms with Crippen LogP contribution in [0.5, 0.6) is 5.75 Å². The minimum Gasteiger partial charge on any atom is -0.492 e. The van der Waals surface area contributed by atoms with Crippen molar-refractivity contribution in [3.05, 3.63) is 52.8 Å². The van der Waals surface area contributed by atoms with E-state index in [4.69, 9.17) is 16.3 Å². The van der Waals surface area contributed by atoms with Crippen LogP contribution in [0, 0.1) is 0 Å². The standard InChI is InChI=1S/C15H13ClN2O3/c16-10-1-2-14-11(5-10)12(8-21-14)15(20)18-13-6-17-4-3-9(13)7-19/h1-6,12,19H,7-8H2,(H,18,20). The lowest BCUT2D eigenvalue weighted by atomic mass is 10.0. The third-order valence-electron chi connectivity index (χ3n) is 3.41. The predicted molar refractivity (Wildman–Crippen MR) is 78.5 cm³/mol. The van der Waals surface area contributed by atoms with Gasteiger partial charge in [-0.15, -0.1) is 0 Å². The van der Waals surface area contributed by atoms with Gasteiger partial charge in [0.15, 0.2) is 0 Å². The molecule has 1 aromatic carbocycles. The summed E-state index contributed by atoms with van der Waals surface area (Å²) in [5.41, 5.74) is 1.89. The molecule has 3 rings (SSSR count). The van der Waals surface area contributed by atoms with Crippen LogP contribution in [0.15, 0.2) is 36.7 Å². The summed E-state index contributed by atoms with van der Waals surface area (Å²) in [6.45, 7) is 0.109. The molecule has 0 spiro atoms.